The van der Waals surface area contributed by atoms with Gasteiger partial charge in [0.25, 0.3) is 17.7 Å². The molecule has 0 spiro atoms. The van der Waals surface area contributed by atoms with Crippen LogP contribution in [0.15, 0.2) is 41.0 Å². The number of allylic oxidation sites excluding steroid dienone is 3. The second-order valence-electron chi connectivity index (χ2n) is 10.5. The van der Waals surface area contributed by atoms with Crippen molar-refractivity contribution in [2.45, 2.75) is 50.7 Å². The maximum Gasteiger partial charge on any atom is 0.263 e. The molecule has 2 aliphatic carbocycles. The molecular formula is C28H33ClN4O4S. The summed E-state index contributed by atoms with van der Waals surface area (Å²) in [6.07, 6.45) is 9.26. The summed E-state index contributed by atoms with van der Waals surface area (Å²) in [6, 6.07) is 5.44. The van der Waals surface area contributed by atoms with Gasteiger partial charge < -0.3 is 10.4 Å². The molecular weight excluding hydrogens is 524 g/mol. The number of aliphatic hydroxyl groups excluding tert-OH is 1. The third kappa shape index (κ3) is 5.77. The van der Waals surface area contributed by atoms with Crippen molar-refractivity contribution in [3.8, 4) is 0 Å². The zero-order chi connectivity index (χ0) is 26.8. The van der Waals surface area contributed by atoms with Crippen molar-refractivity contribution >= 4 is 52.1 Å². The zero-order valence-corrected chi connectivity index (χ0v) is 22.9. The predicted octanol–water partition coefficient (Wildman–Crippen LogP) is 3.36. The molecule has 10 heteroatoms. The van der Waals surface area contributed by atoms with E-state index in [1.807, 2.05) is 0 Å². The number of amides is 3. The number of aliphatic hydroxyl groups is 1. The Bertz CT molecular complexity index is 1200. The van der Waals surface area contributed by atoms with Crippen molar-refractivity contribution in [3.63, 3.8) is 0 Å². The van der Waals surface area contributed by atoms with Gasteiger partial charge in [-0.2, -0.15) is 0 Å². The molecule has 2 fully saturated rings. The largest absolute Gasteiger partial charge is 0.390 e. The zero-order valence-electron chi connectivity index (χ0n) is 21.3. The van der Waals surface area contributed by atoms with Crippen molar-refractivity contribution in [2.24, 2.45) is 0 Å². The molecule has 2 heterocycles. The van der Waals surface area contributed by atoms with Crippen LogP contribution in [0.25, 0.3) is 0 Å². The van der Waals surface area contributed by atoms with Gasteiger partial charge in [0.15, 0.2) is 0 Å². The first-order valence-electron chi connectivity index (χ1n) is 13.4. The number of hydrogen-bond donors (Lipinski definition) is 2. The number of fused-ring (bicyclic) bond motifs is 1. The Hall–Kier alpha value is -2.43. The third-order valence-electron chi connectivity index (χ3n) is 7.92. The van der Waals surface area contributed by atoms with Gasteiger partial charge in [-0.25, -0.2) is 0 Å². The van der Waals surface area contributed by atoms with Crippen LogP contribution in [-0.4, -0.2) is 93.8 Å². The number of thiocarbonyl (C=S) groups is 1. The second-order valence-corrected chi connectivity index (χ2v) is 11.4. The maximum absolute atomic E-state index is 13.3. The fourth-order valence-corrected chi connectivity index (χ4v) is 6.31. The highest BCUT2D eigenvalue weighted by molar-refractivity contribution is 7.81. The molecule has 0 aromatic heterocycles. The molecule has 2 aliphatic heterocycles. The number of anilines is 1. The number of carbonyl (C=O) groups is 3. The smallest absolute Gasteiger partial charge is 0.263 e. The summed E-state index contributed by atoms with van der Waals surface area (Å²) in [7, 11) is 0. The highest BCUT2D eigenvalue weighted by atomic mass is 35.5. The minimum absolute atomic E-state index is 0.0990. The average molecular weight is 557 g/mol. The Balaban J connectivity index is 1.20. The summed E-state index contributed by atoms with van der Waals surface area (Å²) in [5.41, 5.74) is 0.830. The van der Waals surface area contributed by atoms with Gasteiger partial charge in [-0.3, -0.25) is 29.1 Å². The summed E-state index contributed by atoms with van der Waals surface area (Å²) in [5, 5.41) is 14.0. The van der Waals surface area contributed by atoms with Crippen LogP contribution in [0.3, 0.4) is 0 Å². The van der Waals surface area contributed by atoms with Gasteiger partial charge in [0.1, 0.15) is 0 Å². The van der Waals surface area contributed by atoms with E-state index >= 15 is 0 Å². The molecule has 1 aromatic rings. The highest BCUT2D eigenvalue weighted by Gasteiger charge is 2.39. The number of carbonyl (C=O) groups excluding carboxylic acids is 3. The molecule has 1 saturated heterocycles. The van der Waals surface area contributed by atoms with E-state index in [1.165, 1.54) is 38.2 Å². The van der Waals surface area contributed by atoms with E-state index in [1.54, 1.807) is 24.3 Å². The van der Waals surface area contributed by atoms with Gasteiger partial charge in [0.05, 0.1) is 35.0 Å². The summed E-state index contributed by atoms with van der Waals surface area (Å²) in [6.45, 7) is 3.99. The van der Waals surface area contributed by atoms with Crippen LogP contribution < -0.4 is 5.32 Å². The molecule has 0 radical (unpaired) electrons. The molecule has 0 bridgehead atoms. The van der Waals surface area contributed by atoms with E-state index in [4.69, 9.17) is 23.8 Å². The van der Waals surface area contributed by atoms with Crippen molar-refractivity contribution in [1.29, 1.82) is 0 Å². The lowest BCUT2D eigenvalue weighted by molar-refractivity contribution is -0.112. The molecule has 4 aliphatic rings. The number of nitrogens with zero attached hydrogens (tertiary/aromatic N) is 3. The van der Waals surface area contributed by atoms with Gasteiger partial charge in [0, 0.05) is 55.1 Å². The van der Waals surface area contributed by atoms with Gasteiger partial charge in [-0.15, -0.1) is 0 Å². The number of halogens is 1. The minimum Gasteiger partial charge on any atom is -0.390 e. The SMILES string of the molecule is O=C(Nc1cccc2c1C(=O)N(CC(O)CN1CCN(C3CCCCC3)CC1)C2=O)C1=CC(Cl)=CCC1=S. The van der Waals surface area contributed by atoms with E-state index in [9.17, 15) is 19.5 Å². The Morgan fingerprint density at radius 1 is 1.08 bits per heavy atom. The molecule has 1 unspecified atom stereocenters. The van der Waals surface area contributed by atoms with Crippen molar-refractivity contribution in [3.05, 3.63) is 52.1 Å². The van der Waals surface area contributed by atoms with Gasteiger partial charge in [0.2, 0.25) is 0 Å². The first-order chi connectivity index (χ1) is 18.3. The second kappa shape index (κ2) is 11.8. The third-order valence-corrected chi connectivity index (χ3v) is 8.57. The highest BCUT2D eigenvalue weighted by Crippen LogP contribution is 2.31. The molecule has 3 amide bonds. The van der Waals surface area contributed by atoms with Crippen molar-refractivity contribution in [1.82, 2.24) is 14.7 Å². The number of nitrogens with one attached hydrogen (secondary N) is 1. The van der Waals surface area contributed by atoms with Gasteiger partial charge in [-0.1, -0.05) is 55.2 Å². The number of rotatable bonds is 7. The summed E-state index contributed by atoms with van der Waals surface area (Å²) < 4.78 is 0. The lowest BCUT2D eigenvalue weighted by Crippen LogP contribution is -2.53. The van der Waals surface area contributed by atoms with Crippen LogP contribution in [0, 0.1) is 0 Å². The van der Waals surface area contributed by atoms with E-state index in [-0.39, 0.29) is 28.9 Å². The lowest BCUT2D eigenvalue weighted by atomic mass is 9.94. The van der Waals surface area contributed by atoms with E-state index in [0.717, 1.165) is 31.1 Å². The van der Waals surface area contributed by atoms with Gasteiger partial charge in [-0.05, 0) is 31.1 Å². The molecule has 2 N–H and O–H groups in total. The molecule has 1 aromatic carbocycles. The fraction of sp³-hybridized carbons (Fsp3) is 0.500. The van der Waals surface area contributed by atoms with Gasteiger partial charge >= 0.3 is 0 Å². The van der Waals surface area contributed by atoms with Crippen LogP contribution in [-0.2, 0) is 4.79 Å². The Kier molecular flexibility index (Phi) is 8.40. The topological polar surface area (TPSA) is 93.2 Å². The summed E-state index contributed by atoms with van der Waals surface area (Å²) in [5.74, 6) is -1.48. The molecule has 1 saturated carbocycles. The lowest BCUT2D eigenvalue weighted by Gasteiger charge is -2.41. The molecule has 5 rings (SSSR count). The molecule has 1 atom stereocenters. The van der Waals surface area contributed by atoms with Crippen molar-refractivity contribution < 1.29 is 19.5 Å². The number of benzene rings is 1. The Labute approximate surface area is 233 Å². The maximum atomic E-state index is 13.3. The monoisotopic (exact) mass is 556 g/mol. The van der Waals surface area contributed by atoms with Crippen LogP contribution in [0.2, 0.25) is 0 Å². The molecule has 202 valence electrons. The predicted molar refractivity (Wildman–Crippen MR) is 151 cm³/mol. The summed E-state index contributed by atoms with van der Waals surface area (Å²) in [4.78, 5) is 45.6. The Morgan fingerprint density at radius 3 is 2.55 bits per heavy atom. The summed E-state index contributed by atoms with van der Waals surface area (Å²) >= 11 is 11.3. The average Bonchev–Trinajstić information content (AvgIpc) is 3.16. The number of piperazine rings is 1. The normalized spacial score (nSPS) is 22.3. The van der Waals surface area contributed by atoms with E-state index < -0.39 is 23.8 Å². The first kappa shape index (κ1) is 27.1. The number of imide groups is 1. The van der Waals surface area contributed by atoms with Crippen LogP contribution in [0.4, 0.5) is 5.69 Å². The minimum atomic E-state index is -0.866. The van der Waals surface area contributed by atoms with Crippen LogP contribution in [0.1, 0.15) is 59.2 Å². The quantitative estimate of drug-likeness (QED) is 0.393. The molecule has 8 nitrogen and oxygen atoms in total. The molecule has 38 heavy (non-hydrogen) atoms. The number of β-amino-alcohol motifs (C(OH)–C–C–N with tert-alkyl or cyclic N) is 1. The standard InChI is InChI=1S/C28H33ClN4O4S/c29-18-9-10-24(38)22(15-18)26(35)30-23-8-4-7-21-25(23)28(37)33(27(21)36)17-20(34)16-31-11-13-32(14-12-31)19-5-2-1-3-6-19/h4,7-9,15,19-20,34H,1-3,5-6,10-14,16-17H2,(H,30,35). The van der Waals surface area contributed by atoms with Crippen LogP contribution >= 0.6 is 23.8 Å². The first-order valence-corrected chi connectivity index (χ1v) is 14.2. The Morgan fingerprint density at radius 2 is 1.82 bits per heavy atom. The number of hydrogen-bond acceptors (Lipinski definition) is 7. The fourth-order valence-electron chi connectivity index (χ4n) is 5.89. The van der Waals surface area contributed by atoms with E-state index in [2.05, 4.69) is 15.1 Å². The van der Waals surface area contributed by atoms with Crippen LogP contribution in [0.5, 0.6) is 0 Å². The van der Waals surface area contributed by atoms with Crippen molar-refractivity contribution in [2.75, 3.05) is 44.6 Å². The van der Waals surface area contributed by atoms with E-state index in [0.29, 0.717) is 28.9 Å².